The number of aryl methyl sites for hydroxylation is 1. The van der Waals surface area contributed by atoms with Gasteiger partial charge in [0.05, 0.1) is 10.7 Å². The van der Waals surface area contributed by atoms with Gasteiger partial charge in [0.15, 0.2) is 6.04 Å². The molecule has 98 valence electrons. The highest BCUT2D eigenvalue weighted by Crippen LogP contribution is 2.26. The lowest BCUT2D eigenvalue weighted by Crippen LogP contribution is -2.20. The second kappa shape index (κ2) is 5.76. The highest BCUT2D eigenvalue weighted by Gasteiger charge is 2.20. The van der Waals surface area contributed by atoms with E-state index >= 15 is 0 Å². The SMILES string of the molecule is Cc1cccc(C(Nc2ccccc2Cl)C(=O)O)c1. The smallest absolute Gasteiger partial charge is 0.330 e. The second-order valence-electron chi connectivity index (χ2n) is 4.31. The molecule has 3 nitrogen and oxygen atoms in total. The van der Waals surface area contributed by atoms with Crippen LogP contribution in [0.15, 0.2) is 48.5 Å². The van der Waals surface area contributed by atoms with Crippen molar-refractivity contribution >= 4 is 23.3 Å². The predicted octanol–water partition coefficient (Wildman–Crippen LogP) is 3.89. The van der Waals surface area contributed by atoms with Crippen molar-refractivity contribution in [1.29, 1.82) is 0 Å². The van der Waals surface area contributed by atoms with Crippen LogP contribution in [0.5, 0.6) is 0 Å². The zero-order valence-electron chi connectivity index (χ0n) is 10.4. The molecule has 0 amide bonds. The van der Waals surface area contributed by atoms with Crippen LogP contribution in [-0.4, -0.2) is 11.1 Å². The van der Waals surface area contributed by atoms with Crippen molar-refractivity contribution in [2.24, 2.45) is 0 Å². The standard InChI is InChI=1S/C15H14ClNO2/c1-10-5-4-6-11(9-10)14(15(18)19)17-13-8-3-2-7-12(13)16/h2-9,14,17H,1H3,(H,18,19). The van der Waals surface area contributed by atoms with E-state index in [1.165, 1.54) is 0 Å². The maximum absolute atomic E-state index is 11.4. The first-order chi connectivity index (χ1) is 9.08. The van der Waals surface area contributed by atoms with E-state index in [2.05, 4.69) is 5.32 Å². The number of nitrogens with one attached hydrogen (secondary N) is 1. The molecule has 2 N–H and O–H groups in total. The predicted molar refractivity (Wildman–Crippen MR) is 76.6 cm³/mol. The summed E-state index contributed by atoms with van der Waals surface area (Å²) in [5.74, 6) is -0.939. The van der Waals surface area contributed by atoms with Gasteiger partial charge in [-0.05, 0) is 24.6 Å². The fourth-order valence-corrected chi connectivity index (χ4v) is 2.06. The van der Waals surface area contributed by atoms with Crippen molar-refractivity contribution in [2.45, 2.75) is 13.0 Å². The summed E-state index contributed by atoms with van der Waals surface area (Å²) in [5, 5.41) is 12.8. The first kappa shape index (κ1) is 13.4. The van der Waals surface area contributed by atoms with Crippen LogP contribution in [0.2, 0.25) is 5.02 Å². The summed E-state index contributed by atoms with van der Waals surface area (Å²) < 4.78 is 0. The van der Waals surface area contributed by atoms with Gasteiger partial charge < -0.3 is 10.4 Å². The number of para-hydroxylation sites is 1. The Morgan fingerprint density at radius 2 is 1.95 bits per heavy atom. The minimum Gasteiger partial charge on any atom is -0.479 e. The fourth-order valence-electron chi connectivity index (χ4n) is 1.87. The van der Waals surface area contributed by atoms with Crippen molar-refractivity contribution in [1.82, 2.24) is 0 Å². The molecule has 0 heterocycles. The maximum atomic E-state index is 11.4. The number of hydrogen-bond acceptors (Lipinski definition) is 2. The molecule has 0 spiro atoms. The highest BCUT2D eigenvalue weighted by molar-refractivity contribution is 6.33. The maximum Gasteiger partial charge on any atom is 0.330 e. The van der Waals surface area contributed by atoms with Crippen molar-refractivity contribution in [2.75, 3.05) is 5.32 Å². The molecule has 0 aromatic heterocycles. The van der Waals surface area contributed by atoms with Crippen LogP contribution in [0.1, 0.15) is 17.2 Å². The van der Waals surface area contributed by atoms with Crippen LogP contribution in [-0.2, 0) is 4.79 Å². The molecular formula is C15H14ClNO2. The summed E-state index contributed by atoms with van der Waals surface area (Å²) in [7, 11) is 0. The number of rotatable bonds is 4. The van der Waals surface area contributed by atoms with E-state index in [1.54, 1.807) is 24.3 Å². The Morgan fingerprint density at radius 3 is 2.58 bits per heavy atom. The fraction of sp³-hybridized carbons (Fsp3) is 0.133. The Bertz CT molecular complexity index is 598. The van der Waals surface area contributed by atoms with Crippen molar-refractivity contribution < 1.29 is 9.90 Å². The van der Waals surface area contributed by atoms with E-state index in [1.807, 2.05) is 31.2 Å². The third-order valence-electron chi connectivity index (χ3n) is 2.80. The van der Waals surface area contributed by atoms with Crippen LogP contribution in [0.3, 0.4) is 0 Å². The Balaban J connectivity index is 2.32. The molecule has 0 bridgehead atoms. The van der Waals surface area contributed by atoms with Crippen LogP contribution in [0, 0.1) is 6.92 Å². The van der Waals surface area contributed by atoms with E-state index in [-0.39, 0.29) is 0 Å². The Labute approximate surface area is 116 Å². The summed E-state index contributed by atoms with van der Waals surface area (Å²) in [6, 6.07) is 13.7. The molecule has 19 heavy (non-hydrogen) atoms. The summed E-state index contributed by atoms with van der Waals surface area (Å²) in [5.41, 5.74) is 2.33. The topological polar surface area (TPSA) is 49.3 Å². The van der Waals surface area contributed by atoms with Gasteiger partial charge in [-0.15, -0.1) is 0 Å². The molecule has 2 aromatic rings. The lowest BCUT2D eigenvalue weighted by Gasteiger charge is -2.17. The number of carboxylic acid groups (broad SMARTS) is 1. The second-order valence-corrected chi connectivity index (χ2v) is 4.72. The molecular weight excluding hydrogens is 262 g/mol. The minimum absolute atomic E-state index is 0.501. The molecule has 0 saturated heterocycles. The number of carboxylic acids is 1. The molecule has 1 atom stereocenters. The highest BCUT2D eigenvalue weighted by atomic mass is 35.5. The van der Waals surface area contributed by atoms with Crippen LogP contribution in [0.4, 0.5) is 5.69 Å². The molecule has 0 aliphatic heterocycles. The summed E-state index contributed by atoms with van der Waals surface area (Å²) in [6.45, 7) is 1.93. The van der Waals surface area contributed by atoms with E-state index < -0.39 is 12.0 Å². The molecule has 2 rings (SSSR count). The van der Waals surface area contributed by atoms with Gasteiger partial charge in [-0.25, -0.2) is 4.79 Å². The third kappa shape index (κ3) is 3.26. The largest absolute Gasteiger partial charge is 0.479 e. The number of anilines is 1. The van der Waals surface area contributed by atoms with Gasteiger partial charge in [0, 0.05) is 0 Å². The van der Waals surface area contributed by atoms with Gasteiger partial charge in [-0.1, -0.05) is 53.6 Å². The van der Waals surface area contributed by atoms with Gasteiger partial charge >= 0.3 is 5.97 Å². The van der Waals surface area contributed by atoms with E-state index in [0.29, 0.717) is 16.3 Å². The van der Waals surface area contributed by atoms with Gasteiger partial charge in [0.25, 0.3) is 0 Å². The summed E-state index contributed by atoms with van der Waals surface area (Å²) in [6.07, 6.45) is 0. The van der Waals surface area contributed by atoms with Crippen LogP contribution >= 0.6 is 11.6 Å². The van der Waals surface area contributed by atoms with Crippen molar-refractivity contribution in [3.8, 4) is 0 Å². The number of benzene rings is 2. The molecule has 2 aromatic carbocycles. The first-order valence-corrected chi connectivity index (χ1v) is 6.26. The minimum atomic E-state index is -0.939. The molecule has 0 fully saturated rings. The van der Waals surface area contributed by atoms with Crippen molar-refractivity contribution in [3.63, 3.8) is 0 Å². The monoisotopic (exact) mass is 275 g/mol. The number of carbonyl (C=O) groups is 1. The van der Waals surface area contributed by atoms with Crippen molar-refractivity contribution in [3.05, 3.63) is 64.7 Å². The lowest BCUT2D eigenvalue weighted by molar-refractivity contribution is -0.138. The number of halogens is 1. The quantitative estimate of drug-likeness (QED) is 0.890. The van der Waals surface area contributed by atoms with E-state index in [0.717, 1.165) is 5.56 Å². The Kier molecular flexibility index (Phi) is 4.07. The zero-order valence-corrected chi connectivity index (χ0v) is 11.2. The Morgan fingerprint density at radius 1 is 1.21 bits per heavy atom. The number of aliphatic carboxylic acids is 1. The zero-order chi connectivity index (χ0) is 13.8. The molecule has 0 aliphatic rings. The summed E-state index contributed by atoms with van der Waals surface area (Å²) >= 11 is 6.04. The third-order valence-corrected chi connectivity index (χ3v) is 3.13. The summed E-state index contributed by atoms with van der Waals surface area (Å²) in [4.78, 5) is 11.4. The van der Waals surface area contributed by atoms with E-state index in [4.69, 9.17) is 11.6 Å². The van der Waals surface area contributed by atoms with E-state index in [9.17, 15) is 9.90 Å². The molecule has 1 unspecified atom stereocenters. The first-order valence-electron chi connectivity index (χ1n) is 5.88. The normalized spacial score (nSPS) is 11.9. The van der Waals surface area contributed by atoms with Gasteiger partial charge in [0.1, 0.15) is 0 Å². The van der Waals surface area contributed by atoms with Crippen LogP contribution in [0.25, 0.3) is 0 Å². The Hall–Kier alpha value is -2.00. The van der Waals surface area contributed by atoms with Gasteiger partial charge in [-0.2, -0.15) is 0 Å². The molecule has 4 heteroatoms. The average Bonchev–Trinajstić information content (AvgIpc) is 2.37. The molecule has 0 saturated carbocycles. The molecule has 0 aliphatic carbocycles. The molecule has 0 radical (unpaired) electrons. The van der Waals surface area contributed by atoms with Gasteiger partial charge in [-0.3, -0.25) is 0 Å². The average molecular weight is 276 g/mol. The number of hydrogen-bond donors (Lipinski definition) is 2. The van der Waals surface area contributed by atoms with Crippen LogP contribution < -0.4 is 5.32 Å². The lowest BCUT2D eigenvalue weighted by atomic mass is 10.0. The van der Waals surface area contributed by atoms with Gasteiger partial charge in [0.2, 0.25) is 0 Å².